The molecule has 0 bridgehead atoms. The van der Waals surface area contributed by atoms with Crippen LogP contribution >= 0.6 is 0 Å². The summed E-state index contributed by atoms with van der Waals surface area (Å²) in [7, 11) is 0. The van der Waals surface area contributed by atoms with Gasteiger partial charge in [0, 0.05) is 6.42 Å². The lowest BCUT2D eigenvalue weighted by molar-refractivity contribution is -0.149. The molecule has 0 aliphatic carbocycles. The van der Waals surface area contributed by atoms with Crippen molar-refractivity contribution in [3.05, 3.63) is 35.6 Å². The van der Waals surface area contributed by atoms with E-state index in [1.165, 1.54) is 12.1 Å². The summed E-state index contributed by atoms with van der Waals surface area (Å²) in [5.41, 5.74) is -0.466. The molecule has 0 radical (unpaired) electrons. The van der Waals surface area contributed by atoms with Crippen LogP contribution < -0.4 is 0 Å². The van der Waals surface area contributed by atoms with Gasteiger partial charge in [0.25, 0.3) is 0 Å². The Balaban J connectivity index is 2.12. The largest absolute Gasteiger partial charge is 0.464 e. The normalized spacial score (nSPS) is 29.1. The summed E-state index contributed by atoms with van der Waals surface area (Å²) in [6.45, 7) is 5.93. The predicted molar refractivity (Wildman–Crippen MR) is 69.2 cm³/mol. The molecule has 0 amide bonds. The number of carbonyl (C=O) groups excluding carboxylic acids is 1. The zero-order valence-corrected chi connectivity index (χ0v) is 11.5. The fraction of sp³-hybridized carbons (Fsp3) is 0.533. The fourth-order valence-electron chi connectivity index (χ4n) is 2.63. The molecule has 2 rings (SSSR count). The Kier molecular flexibility index (Phi) is 3.63. The molecule has 1 aliphatic rings. The first-order valence-electron chi connectivity index (χ1n) is 6.59. The molecule has 0 aromatic heterocycles. The van der Waals surface area contributed by atoms with E-state index in [1.54, 1.807) is 19.1 Å². The van der Waals surface area contributed by atoms with Gasteiger partial charge in [-0.15, -0.1) is 0 Å². The highest BCUT2D eigenvalue weighted by Gasteiger charge is 2.71. The van der Waals surface area contributed by atoms with Crippen LogP contribution in [0.25, 0.3) is 0 Å². The van der Waals surface area contributed by atoms with E-state index in [0.29, 0.717) is 19.4 Å². The second kappa shape index (κ2) is 4.93. The number of esters is 1. The van der Waals surface area contributed by atoms with E-state index in [9.17, 15) is 9.18 Å². The van der Waals surface area contributed by atoms with Crippen LogP contribution in [0, 0.1) is 5.82 Å². The second-order valence-electron chi connectivity index (χ2n) is 5.04. The Morgan fingerprint density at radius 2 is 1.95 bits per heavy atom. The van der Waals surface area contributed by atoms with Gasteiger partial charge in [-0.05, 0) is 38.0 Å². The Hall–Kier alpha value is -1.42. The minimum Gasteiger partial charge on any atom is -0.464 e. The molecule has 1 heterocycles. The first kappa shape index (κ1) is 14.0. The molecule has 1 aliphatic heterocycles. The van der Waals surface area contributed by atoms with Crippen LogP contribution in [0.4, 0.5) is 4.39 Å². The van der Waals surface area contributed by atoms with Gasteiger partial charge in [-0.2, -0.15) is 0 Å². The van der Waals surface area contributed by atoms with Gasteiger partial charge in [-0.25, -0.2) is 9.18 Å². The number of carbonyl (C=O) groups is 1. The average molecular weight is 266 g/mol. The molecule has 3 nitrogen and oxygen atoms in total. The Morgan fingerprint density at radius 3 is 2.47 bits per heavy atom. The fourth-order valence-corrected chi connectivity index (χ4v) is 2.63. The quantitative estimate of drug-likeness (QED) is 0.607. The summed E-state index contributed by atoms with van der Waals surface area (Å²) < 4.78 is 23.7. The lowest BCUT2D eigenvalue weighted by Gasteiger charge is -2.14. The average Bonchev–Trinajstić information content (AvgIpc) is 2.99. The van der Waals surface area contributed by atoms with Gasteiger partial charge in [0.1, 0.15) is 11.4 Å². The number of ether oxygens (including phenoxy) is 2. The van der Waals surface area contributed by atoms with Crippen LogP contribution in [-0.2, 0) is 20.7 Å². The molecule has 0 N–H and O–H groups in total. The molecule has 2 unspecified atom stereocenters. The number of hydrogen-bond acceptors (Lipinski definition) is 3. The van der Waals surface area contributed by atoms with Crippen LogP contribution in [-0.4, -0.2) is 23.8 Å². The first-order chi connectivity index (χ1) is 8.97. The maximum Gasteiger partial charge on any atom is 0.341 e. The molecule has 1 fully saturated rings. The van der Waals surface area contributed by atoms with Gasteiger partial charge < -0.3 is 9.47 Å². The van der Waals surface area contributed by atoms with Crippen molar-refractivity contribution in [2.24, 2.45) is 0 Å². The SMILES string of the molecule is CCOC(=O)C1(CC)OC1(C)Cc1ccc(F)cc1. The van der Waals surface area contributed by atoms with E-state index in [-0.39, 0.29) is 11.8 Å². The summed E-state index contributed by atoms with van der Waals surface area (Å²) in [5, 5.41) is 0. The highest BCUT2D eigenvalue weighted by Crippen LogP contribution is 2.53. The number of rotatable bonds is 5. The molecule has 2 atom stereocenters. The van der Waals surface area contributed by atoms with Gasteiger partial charge in [0.05, 0.1) is 6.61 Å². The van der Waals surface area contributed by atoms with E-state index in [0.717, 1.165) is 5.56 Å². The van der Waals surface area contributed by atoms with E-state index in [4.69, 9.17) is 9.47 Å². The van der Waals surface area contributed by atoms with Crippen LogP contribution in [0.15, 0.2) is 24.3 Å². The maximum atomic E-state index is 12.9. The van der Waals surface area contributed by atoms with Crippen LogP contribution in [0.1, 0.15) is 32.8 Å². The zero-order chi connectivity index (χ0) is 14.1. The summed E-state index contributed by atoms with van der Waals surface area (Å²) in [5.74, 6) is -0.570. The van der Waals surface area contributed by atoms with Gasteiger partial charge >= 0.3 is 5.97 Å². The second-order valence-corrected chi connectivity index (χ2v) is 5.04. The molecular formula is C15H19FO3. The maximum absolute atomic E-state index is 12.9. The summed E-state index contributed by atoms with van der Waals surface area (Å²) in [6.07, 6.45) is 1.14. The molecule has 0 saturated carbocycles. The van der Waals surface area contributed by atoms with Crippen molar-refractivity contribution in [1.82, 2.24) is 0 Å². The number of halogens is 1. The van der Waals surface area contributed by atoms with Crippen molar-refractivity contribution < 1.29 is 18.7 Å². The molecule has 1 saturated heterocycles. The van der Waals surface area contributed by atoms with Crippen molar-refractivity contribution in [3.63, 3.8) is 0 Å². The molecule has 1 aromatic rings. The summed E-state index contributed by atoms with van der Waals surface area (Å²) >= 11 is 0. The topological polar surface area (TPSA) is 38.8 Å². The van der Waals surface area contributed by atoms with Gasteiger partial charge in [0.15, 0.2) is 5.60 Å². The smallest absolute Gasteiger partial charge is 0.341 e. The Morgan fingerprint density at radius 1 is 1.32 bits per heavy atom. The van der Waals surface area contributed by atoms with E-state index in [2.05, 4.69) is 0 Å². The molecular weight excluding hydrogens is 247 g/mol. The van der Waals surface area contributed by atoms with Crippen molar-refractivity contribution >= 4 is 5.97 Å². The summed E-state index contributed by atoms with van der Waals surface area (Å²) in [4.78, 5) is 12.0. The molecule has 19 heavy (non-hydrogen) atoms. The highest BCUT2D eigenvalue weighted by molar-refractivity contribution is 5.84. The molecule has 0 spiro atoms. The molecule has 104 valence electrons. The van der Waals surface area contributed by atoms with Gasteiger partial charge in [-0.1, -0.05) is 19.1 Å². The third kappa shape index (κ3) is 2.37. The number of hydrogen-bond donors (Lipinski definition) is 0. The van der Waals surface area contributed by atoms with Gasteiger partial charge in [-0.3, -0.25) is 0 Å². The zero-order valence-electron chi connectivity index (χ0n) is 11.5. The highest BCUT2D eigenvalue weighted by atomic mass is 19.1. The third-order valence-corrected chi connectivity index (χ3v) is 3.77. The lowest BCUT2D eigenvalue weighted by atomic mass is 9.86. The minimum atomic E-state index is -0.850. The number of epoxide rings is 1. The Bertz CT molecular complexity index is 471. The lowest BCUT2D eigenvalue weighted by Crippen LogP contribution is -2.35. The van der Waals surface area contributed by atoms with Crippen molar-refractivity contribution in [2.75, 3.05) is 6.61 Å². The third-order valence-electron chi connectivity index (χ3n) is 3.77. The van der Waals surface area contributed by atoms with Crippen molar-refractivity contribution in [2.45, 2.75) is 44.8 Å². The van der Waals surface area contributed by atoms with Crippen LogP contribution in [0.3, 0.4) is 0 Å². The van der Waals surface area contributed by atoms with E-state index < -0.39 is 11.2 Å². The molecule has 4 heteroatoms. The van der Waals surface area contributed by atoms with Crippen molar-refractivity contribution in [1.29, 1.82) is 0 Å². The monoisotopic (exact) mass is 266 g/mol. The van der Waals surface area contributed by atoms with Gasteiger partial charge in [0.2, 0.25) is 0 Å². The number of benzene rings is 1. The van der Waals surface area contributed by atoms with Crippen LogP contribution in [0.5, 0.6) is 0 Å². The summed E-state index contributed by atoms with van der Waals surface area (Å²) in [6, 6.07) is 6.26. The van der Waals surface area contributed by atoms with E-state index in [1.807, 2.05) is 13.8 Å². The standard InChI is InChI=1S/C15H19FO3/c1-4-15(13(17)18-5-2)14(3,19-15)10-11-6-8-12(16)9-7-11/h6-9H,4-5,10H2,1-3H3. The molecule has 1 aromatic carbocycles. The van der Waals surface area contributed by atoms with E-state index >= 15 is 0 Å². The predicted octanol–water partition coefficient (Wildman–Crippen LogP) is 2.87. The van der Waals surface area contributed by atoms with Crippen LogP contribution in [0.2, 0.25) is 0 Å². The van der Waals surface area contributed by atoms with Crippen molar-refractivity contribution in [3.8, 4) is 0 Å². The minimum absolute atomic E-state index is 0.266. The Labute approximate surface area is 112 Å². The first-order valence-corrected chi connectivity index (χ1v) is 6.59.